The summed E-state index contributed by atoms with van der Waals surface area (Å²) in [7, 11) is 1.89. The Morgan fingerprint density at radius 2 is 2.00 bits per heavy atom. The van der Waals surface area contributed by atoms with Gasteiger partial charge in [0, 0.05) is 12.6 Å². The lowest BCUT2D eigenvalue weighted by molar-refractivity contribution is 0.986. The van der Waals surface area contributed by atoms with Crippen LogP contribution < -0.4 is 5.32 Å². The molecule has 0 amide bonds. The van der Waals surface area contributed by atoms with E-state index >= 15 is 0 Å². The van der Waals surface area contributed by atoms with Gasteiger partial charge in [0.2, 0.25) is 0 Å². The molecule has 20 heavy (non-hydrogen) atoms. The minimum Gasteiger partial charge on any atom is -0.372 e. The van der Waals surface area contributed by atoms with Gasteiger partial charge < -0.3 is 5.32 Å². The highest BCUT2D eigenvalue weighted by molar-refractivity contribution is 9.10. The molecule has 1 aliphatic carbocycles. The lowest BCUT2D eigenvalue weighted by Gasteiger charge is -2.12. The highest BCUT2D eigenvalue weighted by Gasteiger charge is 2.27. The van der Waals surface area contributed by atoms with Gasteiger partial charge in [-0.1, -0.05) is 31.2 Å². The molecule has 1 heterocycles. The number of rotatable bonds is 4. The number of hydrogen-bond donors (Lipinski definition) is 1. The molecule has 0 atom stereocenters. The predicted molar refractivity (Wildman–Crippen MR) is 86.1 cm³/mol. The molecule has 0 saturated heterocycles. The van der Waals surface area contributed by atoms with E-state index in [1.807, 2.05) is 7.05 Å². The van der Waals surface area contributed by atoms with Crippen molar-refractivity contribution in [3.63, 3.8) is 0 Å². The second-order valence-electron chi connectivity index (χ2n) is 5.12. The molecule has 1 fully saturated rings. The van der Waals surface area contributed by atoms with E-state index < -0.39 is 0 Å². The Morgan fingerprint density at radius 1 is 1.25 bits per heavy atom. The second-order valence-corrected chi connectivity index (χ2v) is 5.91. The van der Waals surface area contributed by atoms with Crippen molar-refractivity contribution in [1.82, 2.24) is 9.97 Å². The maximum absolute atomic E-state index is 4.74. The number of aromatic nitrogens is 2. The zero-order chi connectivity index (χ0) is 14.1. The van der Waals surface area contributed by atoms with Crippen molar-refractivity contribution < 1.29 is 0 Å². The van der Waals surface area contributed by atoms with E-state index in [1.165, 1.54) is 24.0 Å². The monoisotopic (exact) mass is 331 g/mol. The van der Waals surface area contributed by atoms with Crippen LogP contribution in [0.5, 0.6) is 0 Å². The predicted octanol–water partition coefficient (Wildman–Crippen LogP) is 4.39. The third kappa shape index (κ3) is 2.44. The molecule has 0 bridgehead atoms. The van der Waals surface area contributed by atoms with Crippen molar-refractivity contribution in [3.8, 4) is 11.4 Å². The fourth-order valence-corrected chi connectivity index (χ4v) is 3.12. The first kappa shape index (κ1) is 13.6. The van der Waals surface area contributed by atoms with Crippen molar-refractivity contribution in [2.45, 2.75) is 32.1 Å². The van der Waals surface area contributed by atoms with Crippen molar-refractivity contribution in [2.75, 3.05) is 12.4 Å². The lowest BCUT2D eigenvalue weighted by atomic mass is 10.0. The normalized spacial score (nSPS) is 14.3. The Labute approximate surface area is 128 Å². The van der Waals surface area contributed by atoms with Gasteiger partial charge in [-0.2, -0.15) is 0 Å². The zero-order valence-corrected chi connectivity index (χ0v) is 13.4. The number of hydrogen-bond acceptors (Lipinski definition) is 3. The number of halogens is 1. The summed E-state index contributed by atoms with van der Waals surface area (Å²) in [5.41, 5.74) is 3.61. The smallest absolute Gasteiger partial charge is 0.162 e. The largest absolute Gasteiger partial charge is 0.372 e. The van der Waals surface area contributed by atoms with Crippen LogP contribution in [-0.2, 0) is 6.42 Å². The summed E-state index contributed by atoms with van der Waals surface area (Å²) >= 11 is 3.58. The van der Waals surface area contributed by atoms with Gasteiger partial charge in [0.15, 0.2) is 5.82 Å². The Hall–Kier alpha value is -1.42. The maximum atomic E-state index is 4.74. The van der Waals surface area contributed by atoms with Crippen molar-refractivity contribution in [2.24, 2.45) is 0 Å². The quantitative estimate of drug-likeness (QED) is 0.902. The van der Waals surface area contributed by atoms with Gasteiger partial charge in [0.05, 0.1) is 10.2 Å². The van der Waals surface area contributed by atoms with E-state index in [4.69, 9.17) is 4.98 Å². The van der Waals surface area contributed by atoms with Gasteiger partial charge in [0.1, 0.15) is 5.82 Å². The summed E-state index contributed by atoms with van der Waals surface area (Å²) in [6.45, 7) is 2.11. The van der Waals surface area contributed by atoms with Crippen LogP contribution in [0.1, 0.15) is 36.9 Å². The molecule has 1 saturated carbocycles. The van der Waals surface area contributed by atoms with Crippen LogP contribution in [0.4, 0.5) is 5.82 Å². The van der Waals surface area contributed by atoms with Crippen LogP contribution >= 0.6 is 15.9 Å². The van der Waals surface area contributed by atoms with E-state index in [0.717, 1.165) is 28.2 Å². The molecule has 1 aromatic carbocycles. The average molecular weight is 332 g/mol. The molecule has 0 radical (unpaired) electrons. The van der Waals surface area contributed by atoms with Crippen LogP contribution in [0.2, 0.25) is 0 Å². The molecule has 4 heteroatoms. The molecule has 104 valence electrons. The van der Waals surface area contributed by atoms with Gasteiger partial charge in [-0.05, 0) is 46.7 Å². The van der Waals surface area contributed by atoms with Crippen LogP contribution in [0.15, 0.2) is 28.7 Å². The SMILES string of the molecule is CCc1nc(-c2ccccc2C2CC2)nc(NC)c1Br. The minimum atomic E-state index is 0.696. The van der Waals surface area contributed by atoms with E-state index in [9.17, 15) is 0 Å². The zero-order valence-electron chi connectivity index (χ0n) is 11.8. The third-order valence-electron chi connectivity index (χ3n) is 3.71. The highest BCUT2D eigenvalue weighted by Crippen LogP contribution is 2.44. The average Bonchev–Trinajstić information content (AvgIpc) is 3.32. The van der Waals surface area contributed by atoms with Gasteiger partial charge in [-0.3, -0.25) is 0 Å². The van der Waals surface area contributed by atoms with E-state index in [-0.39, 0.29) is 0 Å². The van der Waals surface area contributed by atoms with Gasteiger partial charge >= 0.3 is 0 Å². The van der Waals surface area contributed by atoms with E-state index in [2.05, 4.69) is 57.4 Å². The van der Waals surface area contributed by atoms with E-state index in [1.54, 1.807) is 0 Å². The summed E-state index contributed by atoms with van der Waals surface area (Å²) in [4.78, 5) is 9.41. The molecular weight excluding hydrogens is 314 g/mol. The highest BCUT2D eigenvalue weighted by atomic mass is 79.9. The second kappa shape index (κ2) is 5.52. The maximum Gasteiger partial charge on any atom is 0.162 e. The first-order valence-corrected chi connectivity index (χ1v) is 7.87. The molecule has 1 N–H and O–H groups in total. The van der Waals surface area contributed by atoms with E-state index in [0.29, 0.717) is 5.92 Å². The molecule has 0 spiro atoms. The fraction of sp³-hybridized carbons (Fsp3) is 0.375. The lowest BCUT2D eigenvalue weighted by Crippen LogP contribution is -2.03. The summed E-state index contributed by atoms with van der Waals surface area (Å²) in [6.07, 6.45) is 3.45. The van der Waals surface area contributed by atoms with Gasteiger partial charge in [-0.25, -0.2) is 9.97 Å². The van der Waals surface area contributed by atoms with Crippen LogP contribution in [0, 0.1) is 0 Å². The van der Waals surface area contributed by atoms with Crippen molar-refractivity contribution in [3.05, 3.63) is 40.0 Å². The molecule has 0 unspecified atom stereocenters. The minimum absolute atomic E-state index is 0.696. The third-order valence-corrected chi connectivity index (χ3v) is 4.54. The molecule has 3 rings (SSSR count). The molecule has 2 aromatic rings. The number of nitrogens with zero attached hydrogens (tertiary/aromatic N) is 2. The number of benzene rings is 1. The number of aryl methyl sites for hydroxylation is 1. The Bertz CT molecular complexity index is 610. The summed E-state index contributed by atoms with van der Waals surface area (Å²) < 4.78 is 0.968. The van der Waals surface area contributed by atoms with Crippen LogP contribution in [0.3, 0.4) is 0 Å². The Balaban J connectivity index is 2.14. The molecule has 1 aromatic heterocycles. The van der Waals surface area contributed by atoms with Crippen LogP contribution in [0.25, 0.3) is 11.4 Å². The van der Waals surface area contributed by atoms with Crippen molar-refractivity contribution >= 4 is 21.7 Å². The van der Waals surface area contributed by atoms with Crippen LogP contribution in [-0.4, -0.2) is 17.0 Å². The number of nitrogens with one attached hydrogen (secondary N) is 1. The van der Waals surface area contributed by atoms with Crippen molar-refractivity contribution in [1.29, 1.82) is 0 Å². The molecule has 1 aliphatic rings. The van der Waals surface area contributed by atoms with Gasteiger partial charge in [0.25, 0.3) is 0 Å². The standard InChI is InChI=1S/C16H18BrN3/c1-3-13-14(17)16(18-2)20-15(19-13)12-7-5-4-6-11(12)10-8-9-10/h4-7,10H,3,8-9H2,1-2H3,(H,18,19,20). The first-order chi connectivity index (χ1) is 9.74. The topological polar surface area (TPSA) is 37.8 Å². The summed E-state index contributed by atoms with van der Waals surface area (Å²) in [6, 6.07) is 8.52. The first-order valence-electron chi connectivity index (χ1n) is 7.08. The molecular formula is C16H18BrN3. The fourth-order valence-electron chi connectivity index (χ4n) is 2.46. The number of anilines is 1. The Kier molecular flexibility index (Phi) is 3.74. The Morgan fingerprint density at radius 3 is 2.65 bits per heavy atom. The molecule has 0 aliphatic heterocycles. The van der Waals surface area contributed by atoms with Gasteiger partial charge in [-0.15, -0.1) is 0 Å². The molecule has 3 nitrogen and oxygen atoms in total. The summed E-state index contributed by atoms with van der Waals surface area (Å²) in [5.74, 6) is 2.39. The summed E-state index contributed by atoms with van der Waals surface area (Å²) in [5, 5.41) is 3.15.